The molecule has 1 rings (SSSR count). The average molecular weight is 369 g/mol. The van der Waals surface area contributed by atoms with Crippen LogP contribution >= 0.6 is 0 Å². The lowest BCUT2D eigenvalue weighted by atomic mass is 10.2. The van der Waals surface area contributed by atoms with Crippen LogP contribution in [0.15, 0.2) is 64.8 Å². The fourth-order valence-electron chi connectivity index (χ4n) is 2.25. The quantitative estimate of drug-likeness (QED) is 0.216. The lowest BCUT2D eigenvalue weighted by Crippen LogP contribution is -2.22. The largest absolute Gasteiger partial charge is 0.373 e. The number of nitrogens with zero attached hydrogens (tertiary/aromatic N) is 3. The molecule has 6 heteroatoms. The molecule has 0 atom stereocenters. The van der Waals surface area contributed by atoms with Crippen molar-refractivity contribution in [1.82, 2.24) is 15.6 Å². The van der Waals surface area contributed by atoms with Crippen molar-refractivity contribution in [3.8, 4) is 0 Å². The van der Waals surface area contributed by atoms with Crippen LogP contribution < -0.4 is 16.0 Å². The van der Waals surface area contributed by atoms with Crippen molar-refractivity contribution in [2.24, 2.45) is 9.98 Å². The monoisotopic (exact) mass is 368 g/mol. The van der Waals surface area contributed by atoms with Gasteiger partial charge >= 0.3 is 0 Å². The van der Waals surface area contributed by atoms with E-state index in [4.69, 9.17) is 0 Å². The lowest BCUT2D eigenvalue weighted by molar-refractivity contribution is 0.693. The molecule has 6 nitrogen and oxygen atoms in total. The Labute approximate surface area is 163 Å². The fourth-order valence-corrected chi connectivity index (χ4v) is 2.25. The van der Waals surface area contributed by atoms with E-state index in [9.17, 15) is 0 Å². The van der Waals surface area contributed by atoms with Crippen molar-refractivity contribution in [2.75, 3.05) is 32.1 Å². The van der Waals surface area contributed by atoms with E-state index in [0.717, 1.165) is 49.7 Å². The van der Waals surface area contributed by atoms with Crippen LogP contribution in [0.3, 0.4) is 0 Å². The molecule has 0 aliphatic heterocycles. The van der Waals surface area contributed by atoms with E-state index in [1.54, 1.807) is 6.20 Å². The molecule has 0 unspecified atom stereocenters. The molecular formula is C21H32N6. The van der Waals surface area contributed by atoms with Gasteiger partial charge in [0, 0.05) is 38.5 Å². The molecule has 3 N–H and O–H groups in total. The second-order valence-corrected chi connectivity index (χ2v) is 5.74. The minimum absolute atomic E-state index is 0.587. The zero-order valence-corrected chi connectivity index (χ0v) is 16.5. The summed E-state index contributed by atoms with van der Waals surface area (Å²) in [6.07, 6.45) is 14.5. The molecule has 146 valence electrons. The van der Waals surface area contributed by atoms with E-state index in [2.05, 4.69) is 49.8 Å². The Morgan fingerprint density at radius 2 is 2.15 bits per heavy atom. The van der Waals surface area contributed by atoms with E-state index in [1.165, 1.54) is 0 Å². The molecule has 0 amide bonds. The number of rotatable bonds is 13. The summed E-state index contributed by atoms with van der Waals surface area (Å²) >= 11 is 0. The first-order valence-corrected chi connectivity index (χ1v) is 9.33. The smallest absolute Gasteiger partial charge is 0.126 e. The summed E-state index contributed by atoms with van der Waals surface area (Å²) in [7, 11) is 1.87. The normalized spacial score (nSPS) is 12.3. The van der Waals surface area contributed by atoms with E-state index in [0.29, 0.717) is 6.67 Å². The number of hydrogen-bond acceptors (Lipinski definition) is 5. The third kappa shape index (κ3) is 11.5. The van der Waals surface area contributed by atoms with Gasteiger partial charge in [-0.3, -0.25) is 15.3 Å². The second-order valence-electron chi connectivity index (χ2n) is 5.74. The van der Waals surface area contributed by atoms with Crippen LogP contribution in [0.5, 0.6) is 0 Å². The van der Waals surface area contributed by atoms with Gasteiger partial charge in [0.1, 0.15) is 11.7 Å². The summed E-state index contributed by atoms with van der Waals surface area (Å²) in [5, 5.41) is 9.74. The molecule has 0 fully saturated rings. The number of likely N-dealkylation sites (N-methyl/N-ethyl adjacent to an activating group) is 1. The van der Waals surface area contributed by atoms with Crippen LogP contribution in [0.4, 0.5) is 5.82 Å². The van der Waals surface area contributed by atoms with E-state index < -0.39 is 0 Å². The Morgan fingerprint density at radius 3 is 2.93 bits per heavy atom. The standard InChI is InChI=1S/C21H32N6/c1-4-11-20(23-3)26-18-24-17-14-19-12-10-13-21(27-19)25-16-9-7-5-6-8-15-22-2/h4-6,8,10-13,15,24H,2,7,9,14,16-18H2,1,3H3,(H,23,26)(H,25,27)/b6-5-,11-4-,15-8-. The van der Waals surface area contributed by atoms with Crippen LogP contribution in [0.25, 0.3) is 0 Å². The molecule has 0 spiro atoms. The van der Waals surface area contributed by atoms with Gasteiger partial charge in [-0.05, 0) is 50.8 Å². The van der Waals surface area contributed by atoms with Crippen molar-refractivity contribution < 1.29 is 0 Å². The predicted octanol–water partition coefficient (Wildman–Crippen LogP) is 3.33. The molecule has 0 radical (unpaired) electrons. The van der Waals surface area contributed by atoms with Gasteiger partial charge in [-0.1, -0.05) is 24.3 Å². The molecular weight excluding hydrogens is 336 g/mol. The number of aliphatic imine (C=N–C) groups is 2. The molecule has 0 saturated heterocycles. The third-order valence-electron chi connectivity index (χ3n) is 3.60. The Hall–Kier alpha value is -2.73. The van der Waals surface area contributed by atoms with Crippen LogP contribution in [0, 0.1) is 0 Å². The van der Waals surface area contributed by atoms with Crippen molar-refractivity contribution in [3.05, 3.63) is 60.5 Å². The summed E-state index contributed by atoms with van der Waals surface area (Å²) in [5.74, 6) is 1.80. The summed E-state index contributed by atoms with van der Waals surface area (Å²) < 4.78 is 0. The van der Waals surface area contributed by atoms with E-state index >= 15 is 0 Å². The van der Waals surface area contributed by atoms with E-state index in [1.807, 2.05) is 50.4 Å². The van der Waals surface area contributed by atoms with Gasteiger partial charge in [0.25, 0.3) is 0 Å². The molecule has 27 heavy (non-hydrogen) atoms. The highest BCUT2D eigenvalue weighted by atomic mass is 15.1. The number of amidine groups is 1. The number of nitrogens with one attached hydrogen (secondary N) is 3. The Morgan fingerprint density at radius 1 is 1.26 bits per heavy atom. The highest BCUT2D eigenvalue weighted by molar-refractivity contribution is 5.92. The maximum absolute atomic E-state index is 4.65. The zero-order valence-electron chi connectivity index (χ0n) is 16.5. The van der Waals surface area contributed by atoms with Crippen LogP contribution in [-0.4, -0.2) is 44.3 Å². The summed E-state index contributed by atoms with van der Waals surface area (Å²) in [6, 6.07) is 6.10. The number of anilines is 1. The Bertz CT molecular complexity index is 646. The molecule has 0 aliphatic carbocycles. The van der Waals surface area contributed by atoms with Crippen molar-refractivity contribution in [3.63, 3.8) is 0 Å². The topological polar surface area (TPSA) is 73.7 Å². The number of unbranched alkanes of at least 4 members (excludes halogenated alkanes) is 1. The van der Waals surface area contributed by atoms with Gasteiger partial charge in [-0.2, -0.15) is 0 Å². The first kappa shape index (κ1) is 22.3. The Kier molecular flexibility index (Phi) is 12.8. The van der Waals surface area contributed by atoms with Gasteiger partial charge < -0.3 is 10.6 Å². The average Bonchev–Trinajstić information content (AvgIpc) is 2.69. The highest BCUT2D eigenvalue weighted by Crippen LogP contribution is 2.06. The number of aromatic nitrogens is 1. The highest BCUT2D eigenvalue weighted by Gasteiger charge is 1.98. The van der Waals surface area contributed by atoms with Gasteiger partial charge in [-0.15, -0.1) is 0 Å². The minimum atomic E-state index is 0.587. The van der Waals surface area contributed by atoms with Gasteiger partial charge in [0.2, 0.25) is 0 Å². The minimum Gasteiger partial charge on any atom is -0.373 e. The number of pyridine rings is 1. The Balaban J connectivity index is 2.26. The fraction of sp³-hybridized carbons (Fsp3) is 0.381. The summed E-state index contributed by atoms with van der Waals surface area (Å²) in [5.41, 5.74) is 1.07. The first-order chi connectivity index (χ1) is 13.3. The van der Waals surface area contributed by atoms with Crippen LogP contribution in [0.2, 0.25) is 0 Å². The van der Waals surface area contributed by atoms with E-state index in [-0.39, 0.29) is 0 Å². The van der Waals surface area contributed by atoms with Crippen LogP contribution in [0.1, 0.15) is 25.5 Å². The first-order valence-electron chi connectivity index (χ1n) is 9.33. The van der Waals surface area contributed by atoms with Crippen molar-refractivity contribution in [1.29, 1.82) is 0 Å². The van der Waals surface area contributed by atoms with Gasteiger partial charge in [0.05, 0.1) is 6.67 Å². The maximum Gasteiger partial charge on any atom is 0.126 e. The molecule has 0 bridgehead atoms. The molecule has 0 aliphatic rings. The maximum atomic E-state index is 4.65. The molecule has 1 heterocycles. The SMILES string of the molecule is C=N/C=C\C=C/CCCNc1cccc(CCNC/N=C(\C=C/C)NC)n1. The zero-order chi connectivity index (χ0) is 19.6. The molecule has 1 aromatic heterocycles. The van der Waals surface area contributed by atoms with Gasteiger partial charge in [0.15, 0.2) is 0 Å². The van der Waals surface area contributed by atoms with Crippen molar-refractivity contribution in [2.45, 2.75) is 26.2 Å². The summed E-state index contributed by atoms with van der Waals surface area (Å²) in [6.45, 7) is 7.69. The van der Waals surface area contributed by atoms with Crippen LogP contribution in [-0.2, 0) is 6.42 Å². The molecule has 0 aromatic carbocycles. The number of hydrogen-bond donors (Lipinski definition) is 3. The second kappa shape index (κ2) is 15.5. The van der Waals surface area contributed by atoms with Gasteiger partial charge in [-0.25, -0.2) is 4.98 Å². The molecule has 1 aromatic rings. The lowest BCUT2D eigenvalue weighted by Gasteiger charge is -2.07. The molecule has 0 saturated carbocycles. The van der Waals surface area contributed by atoms with Crippen molar-refractivity contribution >= 4 is 18.4 Å². The third-order valence-corrected chi connectivity index (χ3v) is 3.60. The summed E-state index contributed by atoms with van der Waals surface area (Å²) in [4.78, 5) is 12.7. The number of allylic oxidation sites excluding steroid dienone is 4. The predicted molar refractivity (Wildman–Crippen MR) is 118 cm³/mol.